The molecule has 5 heterocycles. The molecule has 0 spiro atoms. The summed E-state index contributed by atoms with van der Waals surface area (Å²) in [5.41, 5.74) is 30.4. The fraction of sp³-hybridized carbons (Fsp3) is 0.0870. The third kappa shape index (κ3) is 9.34. The van der Waals surface area contributed by atoms with Gasteiger partial charge in [-0.3, -0.25) is 0 Å². The van der Waals surface area contributed by atoms with Crippen molar-refractivity contribution in [1.29, 1.82) is 0 Å². The number of para-hydroxylation sites is 7. The highest BCUT2D eigenvalue weighted by Crippen LogP contribution is 2.54. The molecule has 8 heteroatoms. The van der Waals surface area contributed by atoms with Crippen molar-refractivity contribution >= 4 is 136 Å². The molecule has 0 radical (unpaired) electrons. The third-order valence-corrected chi connectivity index (χ3v) is 21.2. The van der Waals surface area contributed by atoms with E-state index in [2.05, 4.69) is 387 Å². The van der Waals surface area contributed by atoms with Crippen molar-refractivity contribution in [3.8, 4) is 39.4 Å². The smallest absolute Gasteiger partial charge is 0.256 e. The van der Waals surface area contributed by atoms with E-state index in [1.165, 1.54) is 54.8 Å². The molecule has 100 heavy (non-hydrogen) atoms. The zero-order chi connectivity index (χ0) is 67.1. The second-order valence-corrected chi connectivity index (χ2v) is 29.2. The summed E-state index contributed by atoms with van der Waals surface area (Å²) in [6.45, 7) is 13.5. The van der Waals surface area contributed by atoms with Crippen LogP contribution in [0, 0.1) is 0 Å². The van der Waals surface area contributed by atoms with Crippen molar-refractivity contribution in [2.24, 2.45) is 0 Å². The Hall–Kier alpha value is -12.0. The number of ether oxygens (including phenoxy) is 1. The van der Waals surface area contributed by atoms with Crippen LogP contribution in [-0.4, -0.2) is 18.0 Å². The Morgan fingerprint density at radius 2 is 0.750 bits per heavy atom. The minimum absolute atomic E-state index is 0.0912. The van der Waals surface area contributed by atoms with Crippen molar-refractivity contribution in [3.05, 3.63) is 333 Å². The van der Waals surface area contributed by atoms with E-state index in [-0.39, 0.29) is 24.3 Å². The number of fused-ring (bicyclic) bond motifs is 11. The van der Waals surface area contributed by atoms with Crippen LogP contribution in [0.25, 0.3) is 49.7 Å². The van der Waals surface area contributed by atoms with Gasteiger partial charge in [-0.1, -0.05) is 260 Å². The molecular weight excluding hydrogens is 1210 g/mol. The van der Waals surface area contributed by atoms with Crippen LogP contribution in [-0.2, 0) is 10.8 Å². The normalized spacial score (nSPS) is 13.3. The molecule has 4 aliphatic rings. The number of anilines is 12. The Balaban J connectivity index is 0.967. The average molecular weight is 1280 g/mol. The van der Waals surface area contributed by atoms with Crippen LogP contribution in [0.3, 0.4) is 0 Å². The molecule has 0 unspecified atom stereocenters. The Labute approximate surface area is 586 Å². The number of hydrogen-bond acceptors (Lipinski definition) is 5. The first kappa shape index (κ1) is 59.3. The largest absolute Gasteiger partial charge is 0.458 e. The van der Waals surface area contributed by atoms with Gasteiger partial charge in [0.1, 0.15) is 11.5 Å². The first-order valence-electron chi connectivity index (χ1n) is 35.0. The Morgan fingerprint density at radius 3 is 1.30 bits per heavy atom. The highest BCUT2D eigenvalue weighted by molar-refractivity contribution is 7.02. The predicted octanol–water partition coefficient (Wildman–Crippen LogP) is 20.7. The van der Waals surface area contributed by atoms with E-state index in [9.17, 15) is 0 Å². The maximum Gasteiger partial charge on any atom is 0.256 e. The Morgan fingerprint density at radius 1 is 0.300 bits per heavy atom. The van der Waals surface area contributed by atoms with E-state index in [0.717, 1.165) is 119 Å². The Kier molecular flexibility index (Phi) is 13.5. The molecule has 19 rings (SSSR count). The molecule has 0 saturated heterocycles. The average Bonchev–Trinajstić information content (AvgIpc) is 0.721. The lowest BCUT2D eigenvalue weighted by atomic mass is 9.30. The van der Waals surface area contributed by atoms with Crippen LogP contribution in [0.5, 0.6) is 11.5 Å². The summed E-state index contributed by atoms with van der Waals surface area (Å²) in [7, 11) is 0. The molecule has 0 fully saturated rings. The predicted molar refractivity (Wildman–Crippen MR) is 424 cm³/mol. The standard InChI is InChI=1S/C92H71B2N5O/c1-91(2,3)62-48-50-72-73-51-49-63(92(4,5)6)53-80(73)98(79(72)52-62)69-56-85-89-87(57-69)100-86-47-28-26-45-75(86)94(89)76-58-77-82(59-81(76)97(85)67-40-23-12-24-41-67)99(90-70(60-30-13-7-14-31-60)42-29-43-71(90)61-32-15-8-16-33-61)84-55-68(95(64-34-17-9-18-35-64)65-36-19-10-20-37-65)54-83-88(84)93(77)74-44-25-27-46-78(74)96(83)66-38-21-11-22-39-66/h7-59H,1-6H3. The van der Waals surface area contributed by atoms with E-state index >= 15 is 0 Å². The molecule has 0 atom stereocenters. The summed E-state index contributed by atoms with van der Waals surface area (Å²) in [5, 5.41) is 2.44. The fourth-order valence-electron chi connectivity index (χ4n) is 16.6. The van der Waals surface area contributed by atoms with Gasteiger partial charge in [0.15, 0.2) is 0 Å². The number of aromatic nitrogens is 1. The van der Waals surface area contributed by atoms with Gasteiger partial charge in [0.25, 0.3) is 13.4 Å². The third-order valence-electron chi connectivity index (χ3n) is 21.2. The highest BCUT2D eigenvalue weighted by atomic mass is 16.5. The highest BCUT2D eigenvalue weighted by Gasteiger charge is 2.49. The topological polar surface area (TPSA) is 27.1 Å². The van der Waals surface area contributed by atoms with Gasteiger partial charge in [-0.2, -0.15) is 0 Å². The van der Waals surface area contributed by atoms with Crippen LogP contribution >= 0.6 is 0 Å². The van der Waals surface area contributed by atoms with E-state index in [1.807, 2.05) is 0 Å². The minimum Gasteiger partial charge on any atom is -0.458 e. The van der Waals surface area contributed by atoms with E-state index in [1.54, 1.807) is 0 Å². The molecule has 0 bridgehead atoms. The number of nitrogens with zero attached hydrogens (tertiary/aromatic N) is 5. The number of hydrogen-bond donors (Lipinski definition) is 0. The number of benzene rings is 14. The van der Waals surface area contributed by atoms with Gasteiger partial charge in [0.05, 0.1) is 28.1 Å². The zero-order valence-corrected chi connectivity index (χ0v) is 56.9. The summed E-state index contributed by atoms with van der Waals surface area (Å²) in [6, 6.07) is 120. The molecule has 6 nitrogen and oxygen atoms in total. The summed E-state index contributed by atoms with van der Waals surface area (Å²) >= 11 is 0. The van der Waals surface area contributed by atoms with E-state index in [0.29, 0.717) is 0 Å². The monoisotopic (exact) mass is 1280 g/mol. The zero-order valence-electron chi connectivity index (χ0n) is 56.9. The number of rotatable bonds is 9. The molecule has 14 aromatic carbocycles. The van der Waals surface area contributed by atoms with Crippen LogP contribution in [0.1, 0.15) is 52.7 Å². The van der Waals surface area contributed by atoms with Crippen molar-refractivity contribution in [2.75, 3.05) is 19.6 Å². The summed E-state index contributed by atoms with van der Waals surface area (Å²) < 4.78 is 10.0. The summed E-state index contributed by atoms with van der Waals surface area (Å²) in [5.74, 6) is 1.71. The molecule has 0 saturated carbocycles. The molecule has 0 amide bonds. The van der Waals surface area contributed by atoms with Gasteiger partial charge < -0.3 is 28.9 Å². The van der Waals surface area contributed by atoms with E-state index < -0.39 is 0 Å². The first-order chi connectivity index (χ1) is 48.9. The molecule has 0 N–H and O–H groups in total. The van der Waals surface area contributed by atoms with Crippen molar-refractivity contribution in [1.82, 2.24) is 4.57 Å². The van der Waals surface area contributed by atoms with Gasteiger partial charge >= 0.3 is 0 Å². The van der Waals surface area contributed by atoms with Crippen molar-refractivity contribution in [2.45, 2.75) is 52.4 Å². The van der Waals surface area contributed by atoms with Crippen LogP contribution in [0.4, 0.5) is 68.2 Å². The Bertz CT molecular complexity index is 5580. The first-order valence-corrected chi connectivity index (χ1v) is 35.0. The van der Waals surface area contributed by atoms with Gasteiger partial charge in [0, 0.05) is 84.8 Å². The minimum atomic E-state index is -0.229. The fourth-order valence-corrected chi connectivity index (χ4v) is 16.6. The van der Waals surface area contributed by atoms with Crippen molar-refractivity contribution < 1.29 is 4.74 Å². The molecule has 1 aromatic heterocycles. The summed E-state index contributed by atoms with van der Waals surface area (Å²) in [6.07, 6.45) is 0. The van der Waals surface area contributed by atoms with Crippen LogP contribution in [0.2, 0.25) is 0 Å². The summed E-state index contributed by atoms with van der Waals surface area (Å²) in [4.78, 5) is 10.2. The SMILES string of the molecule is CC(C)(C)c1ccc2c3ccc(C(C)(C)C)cc3n(-c3cc4c5c(c3)N(c3ccccc3)c3cc6c(cc3B5c3ccccc3O4)B3c4ccccc4N(c4ccccc4)c4cc(N(c5ccccc5)c5ccccc5)cc(c43)N6c3c(-c4ccccc4)cccc3-c3ccccc3)c2c1. The van der Waals surface area contributed by atoms with Gasteiger partial charge in [0.2, 0.25) is 0 Å². The van der Waals surface area contributed by atoms with Crippen molar-refractivity contribution in [3.63, 3.8) is 0 Å². The van der Waals surface area contributed by atoms with Crippen LogP contribution in [0.15, 0.2) is 322 Å². The van der Waals surface area contributed by atoms with Gasteiger partial charge in [-0.05, 0) is 163 Å². The van der Waals surface area contributed by atoms with Gasteiger partial charge in [-0.15, -0.1) is 0 Å². The lowest BCUT2D eigenvalue weighted by Crippen LogP contribution is -2.64. The molecular formula is C92H71B2N5O. The van der Waals surface area contributed by atoms with Crippen LogP contribution < -0.4 is 57.1 Å². The lowest BCUT2D eigenvalue weighted by Gasteiger charge is -2.47. The second kappa shape index (κ2) is 22.8. The molecule has 4 aliphatic heterocycles. The molecule has 0 aliphatic carbocycles. The molecule has 15 aromatic rings. The van der Waals surface area contributed by atoms with E-state index in [4.69, 9.17) is 4.74 Å². The lowest BCUT2D eigenvalue weighted by molar-refractivity contribution is 0.487. The molecule has 476 valence electrons. The maximum atomic E-state index is 7.49. The second-order valence-electron chi connectivity index (χ2n) is 29.2. The maximum absolute atomic E-state index is 7.49. The van der Waals surface area contributed by atoms with Gasteiger partial charge in [-0.25, -0.2) is 0 Å². The quantitative estimate of drug-likeness (QED) is 0.134.